The van der Waals surface area contributed by atoms with Crippen LogP contribution in [0.25, 0.3) is 10.8 Å². The summed E-state index contributed by atoms with van der Waals surface area (Å²) in [5.74, 6) is -3.72. The molecule has 4 nitrogen and oxygen atoms in total. The summed E-state index contributed by atoms with van der Waals surface area (Å²) in [6.07, 6.45) is 0. The molecular weight excluding hydrogens is 227 g/mol. The highest BCUT2D eigenvalue weighted by molar-refractivity contribution is 6.12. The standard InChI is InChI=1S/C12H7FO4/c13-8-5-4-6-2-1-3-7(11(14)15)9(6)10(8)12(16)17/h1-5H,(H,14,15)(H,16,17). The molecule has 86 valence electrons. The number of halogens is 1. The number of hydrogen-bond donors (Lipinski definition) is 2. The lowest BCUT2D eigenvalue weighted by atomic mass is 9.99. The van der Waals surface area contributed by atoms with E-state index >= 15 is 0 Å². The van der Waals surface area contributed by atoms with E-state index in [2.05, 4.69) is 0 Å². The van der Waals surface area contributed by atoms with Crippen molar-refractivity contribution in [2.45, 2.75) is 0 Å². The van der Waals surface area contributed by atoms with Crippen molar-refractivity contribution in [2.75, 3.05) is 0 Å². The highest BCUT2D eigenvalue weighted by Gasteiger charge is 2.19. The maximum atomic E-state index is 13.4. The number of carbonyl (C=O) groups is 2. The van der Waals surface area contributed by atoms with Gasteiger partial charge in [-0.05, 0) is 17.5 Å². The third kappa shape index (κ3) is 1.71. The van der Waals surface area contributed by atoms with Crippen LogP contribution in [0.3, 0.4) is 0 Å². The second kappa shape index (κ2) is 3.86. The van der Waals surface area contributed by atoms with Gasteiger partial charge in [0.25, 0.3) is 0 Å². The summed E-state index contributed by atoms with van der Waals surface area (Å²) >= 11 is 0. The van der Waals surface area contributed by atoms with Crippen LogP contribution in [0.4, 0.5) is 4.39 Å². The minimum atomic E-state index is -1.48. The van der Waals surface area contributed by atoms with Crippen molar-refractivity contribution in [3.05, 3.63) is 47.3 Å². The predicted molar refractivity (Wildman–Crippen MR) is 57.8 cm³/mol. The second-order valence-electron chi connectivity index (χ2n) is 3.44. The zero-order valence-corrected chi connectivity index (χ0v) is 8.48. The largest absolute Gasteiger partial charge is 0.478 e. The van der Waals surface area contributed by atoms with Crippen LogP contribution in [-0.4, -0.2) is 22.2 Å². The first-order valence-electron chi connectivity index (χ1n) is 4.70. The van der Waals surface area contributed by atoms with Crippen LogP contribution in [0, 0.1) is 5.82 Å². The van der Waals surface area contributed by atoms with Gasteiger partial charge in [-0.3, -0.25) is 0 Å². The Morgan fingerprint density at radius 3 is 2.29 bits per heavy atom. The third-order valence-corrected chi connectivity index (χ3v) is 2.44. The Morgan fingerprint density at radius 2 is 1.71 bits per heavy atom. The maximum Gasteiger partial charge on any atom is 0.339 e. The fourth-order valence-electron chi connectivity index (χ4n) is 1.74. The lowest BCUT2D eigenvalue weighted by Gasteiger charge is -2.06. The summed E-state index contributed by atoms with van der Waals surface area (Å²) < 4.78 is 13.4. The molecule has 0 aromatic heterocycles. The SMILES string of the molecule is O=C(O)c1cccc2ccc(F)c(C(=O)O)c12. The molecule has 17 heavy (non-hydrogen) atoms. The summed E-state index contributed by atoms with van der Waals surface area (Å²) in [6, 6.07) is 6.63. The smallest absolute Gasteiger partial charge is 0.339 e. The van der Waals surface area contributed by atoms with Gasteiger partial charge in [0.2, 0.25) is 0 Å². The molecule has 0 atom stereocenters. The molecule has 0 aliphatic carbocycles. The van der Waals surface area contributed by atoms with E-state index in [1.165, 1.54) is 24.3 Å². The minimum absolute atomic E-state index is 0.0903. The van der Waals surface area contributed by atoms with Gasteiger partial charge in [-0.25, -0.2) is 14.0 Å². The van der Waals surface area contributed by atoms with Gasteiger partial charge >= 0.3 is 11.9 Å². The molecule has 2 rings (SSSR count). The van der Waals surface area contributed by atoms with Crippen LogP contribution in [0.2, 0.25) is 0 Å². The van der Waals surface area contributed by atoms with E-state index in [9.17, 15) is 14.0 Å². The summed E-state index contributed by atoms with van der Waals surface area (Å²) in [4.78, 5) is 22.0. The van der Waals surface area contributed by atoms with Gasteiger partial charge in [0.05, 0.1) is 5.56 Å². The summed E-state index contributed by atoms with van der Waals surface area (Å²) in [5, 5.41) is 18.2. The predicted octanol–water partition coefficient (Wildman–Crippen LogP) is 2.38. The molecule has 5 heteroatoms. The quantitative estimate of drug-likeness (QED) is 0.836. The maximum absolute atomic E-state index is 13.4. The summed E-state index contributed by atoms with van der Waals surface area (Å²) in [6.45, 7) is 0. The molecule has 0 bridgehead atoms. The molecular formula is C12H7FO4. The van der Waals surface area contributed by atoms with Crippen LogP contribution >= 0.6 is 0 Å². The van der Waals surface area contributed by atoms with E-state index in [-0.39, 0.29) is 10.9 Å². The molecule has 0 saturated carbocycles. The van der Waals surface area contributed by atoms with Crippen LogP contribution in [0.5, 0.6) is 0 Å². The second-order valence-corrected chi connectivity index (χ2v) is 3.44. The van der Waals surface area contributed by atoms with Gasteiger partial charge in [0.1, 0.15) is 11.4 Å². The first-order chi connectivity index (χ1) is 8.02. The topological polar surface area (TPSA) is 74.6 Å². The molecule has 0 amide bonds. The monoisotopic (exact) mass is 234 g/mol. The normalized spacial score (nSPS) is 10.4. The molecule has 0 spiro atoms. The molecule has 2 aromatic rings. The van der Waals surface area contributed by atoms with E-state index < -0.39 is 23.3 Å². The van der Waals surface area contributed by atoms with Crippen molar-refractivity contribution in [2.24, 2.45) is 0 Å². The average Bonchev–Trinajstić information content (AvgIpc) is 2.27. The Labute approximate surface area is 94.9 Å². The van der Waals surface area contributed by atoms with E-state index in [0.29, 0.717) is 5.39 Å². The number of benzene rings is 2. The Morgan fingerprint density at radius 1 is 1.00 bits per heavy atom. The van der Waals surface area contributed by atoms with Crippen LogP contribution in [-0.2, 0) is 0 Å². The van der Waals surface area contributed by atoms with Crippen molar-refractivity contribution in [1.29, 1.82) is 0 Å². The van der Waals surface area contributed by atoms with Crippen LogP contribution in [0.15, 0.2) is 30.3 Å². The van der Waals surface area contributed by atoms with Crippen molar-refractivity contribution in [3.8, 4) is 0 Å². The summed E-state index contributed by atoms with van der Waals surface area (Å²) in [7, 11) is 0. The number of fused-ring (bicyclic) bond motifs is 1. The first-order valence-corrected chi connectivity index (χ1v) is 4.70. The average molecular weight is 234 g/mol. The molecule has 0 unspecified atom stereocenters. The van der Waals surface area contributed by atoms with Crippen LogP contribution in [0.1, 0.15) is 20.7 Å². The highest BCUT2D eigenvalue weighted by Crippen LogP contribution is 2.25. The van der Waals surface area contributed by atoms with E-state index in [1.807, 2.05) is 0 Å². The Kier molecular flexibility index (Phi) is 2.51. The first kappa shape index (κ1) is 11.1. The summed E-state index contributed by atoms with van der Waals surface area (Å²) in [5.41, 5.74) is -0.833. The number of aromatic carboxylic acids is 2. The van der Waals surface area contributed by atoms with Crippen molar-refractivity contribution in [3.63, 3.8) is 0 Å². The Hall–Kier alpha value is -2.43. The molecule has 2 N–H and O–H groups in total. The molecule has 2 aromatic carbocycles. The van der Waals surface area contributed by atoms with Crippen molar-refractivity contribution < 1.29 is 24.2 Å². The minimum Gasteiger partial charge on any atom is -0.478 e. The molecule has 0 saturated heterocycles. The molecule has 0 aliphatic rings. The zero-order chi connectivity index (χ0) is 12.6. The molecule has 0 aliphatic heterocycles. The van der Waals surface area contributed by atoms with Gasteiger partial charge in [0, 0.05) is 5.39 Å². The molecule has 0 radical (unpaired) electrons. The Balaban J connectivity index is 2.99. The fraction of sp³-hybridized carbons (Fsp3) is 0. The van der Waals surface area contributed by atoms with Crippen LogP contribution < -0.4 is 0 Å². The lowest BCUT2D eigenvalue weighted by molar-refractivity contribution is 0.0692. The highest BCUT2D eigenvalue weighted by atomic mass is 19.1. The van der Waals surface area contributed by atoms with E-state index in [1.54, 1.807) is 0 Å². The third-order valence-electron chi connectivity index (χ3n) is 2.44. The van der Waals surface area contributed by atoms with Gasteiger partial charge in [0.15, 0.2) is 0 Å². The Bertz CT molecular complexity index is 634. The van der Waals surface area contributed by atoms with E-state index in [4.69, 9.17) is 10.2 Å². The molecule has 0 heterocycles. The van der Waals surface area contributed by atoms with Gasteiger partial charge < -0.3 is 10.2 Å². The zero-order valence-electron chi connectivity index (χ0n) is 8.48. The van der Waals surface area contributed by atoms with E-state index in [0.717, 1.165) is 6.07 Å². The van der Waals surface area contributed by atoms with Gasteiger partial charge in [-0.2, -0.15) is 0 Å². The number of hydrogen-bond acceptors (Lipinski definition) is 2. The fourth-order valence-corrected chi connectivity index (χ4v) is 1.74. The van der Waals surface area contributed by atoms with Gasteiger partial charge in [-0.15, -0.1) is 0 Å². The van der Waals surface area contributed by atoms with Crippen molar-refractivity contribution in [1.82, 2.24) is 0 Å². The number of rotatable bonds is 2. The number of carboxylic acid groups (broad SMARTS) is 2. The van der Waals surface area contributed by atoms with Gasteiger partial charge in [-0.1, -0.05) is 18.2 Å². The van der Waals surface area contributed by atoms with Crippen molar-refractivity contribution >= 4 is 22.7 Å². The lowest BCUT2D eigenvalue weighted by Crippen LogP contribution is -2.06. The molecule has 0 fully saturated rings. The number of carboxylic acids is 2.